The number of anilines is 1. The Morgan fingerprint density at radius 3 is 2.52 bits per heavy atom. The zero-order valence-corrected chi connectivity index (χ0v) is 17.2. The molecule has 0 unspecified atom stereocenters. The van der Waals surface area contributed by atoms with E-state index in [0.717, 1.165) is 10.3 Å². The van der Waals surface area contributed by atoms with Gasteiger partial charge < -0.3 is 5.32 Å². The number of imidazole rings is 1. The number of sulfonamides is 1. The molecule has 10 heteroatoms. The number of rotatable bonds is 7. The largest absolute Gasteiger partial charge is 0.369 e. The fraction of sp³-hybridized carbons (Fsp3) is 0.235. The quantitative estimate of drug-likeness (QED) is 0.535. The van der Waals surface area contributed by atoms with Gasteiger partial charge in [-0.25, -0.2) is 28.1 Å². The Kier molecular flexibility index (Phi) is 5.88. The molecular formula is C17H19BrN6O2S. The van der Waals surface area contributed by atoms with Crippen molar-refractivity contribution in [1.29, 1.82) is 0 Å². The van der Waals surface area contributed by atoms with Crippen LogP contribution in [0.2, 0.25) is 0 Å². The molecule has 0 aliphatic heterocycles. The second-order valence-electron chi connectivity index (χ2n) is 5.78. The van der Waals surface area contributed by atoms with E-state index in [1.165, 1.54) is 0 Å². The molecular weight excluding hydrogens is 432 g/mol. The molecule has 0 amide bonds. The molecule has 2 aromatic heterocycles. The second kappa shape index (κ2) is 8.15. The van der Waals surface area contributed by atoms with Gasteiger partial charge in [-0.3, -0.25) is 4.57 Å². The van der Waals surface area contributed by atoms with Crippen molar-refractivity contribution >= 4 is 31.8 Å². The molecule has 0 saturated heterocycles. The van der Waals surface area contributed by atoms with E-state index in [0.29, 0.717) is 24.0 Å². The van der Waals surface area contributed by atoms with Gasteiger partial charge in [0.15, 0.2) is 0 Å². The van der Waals surface area contributed by atoms with Crippen molar-refractivity contribution < 1.29 is 8.42 Å². The zero-order valence-electron chi connectivity index (χ0n) is 14.8. The number of nitrogens with zero attached hydrogens (tertiary/aromatic N) is 4. The number of nitrogens with one attached hydrogen (secondary N) is 2. The molecule has 0 aliphatic rings. The van der Waals surface area contributed by atoms with Gasteiger partial charge in [-0.1, -0.05) is 15.9 Å². The minimum atomic E-state index is -3.54. The van der Waals surface area contributed by atoms with E-state index < -0.39 is 10.0 Å². The maximum Gasteiger partial charge on any atom is 0.240 e. The Morgan fingerprint density at radius 1 is 1.11 bits per heavy atom. The molecule has 142 valence electrons. The fourth-order valence-electron chi connectivity index (χ4n) is 2.46. The molecule has 8 nitrogen and oxygen atoms in total. The number of aromatic nitrogens is 4. The van der Waals surface area contributed by atoms with E-state index in [1.807, 2.05) is 17.7 Å². The molecule has 1 aromatic carbocycles. The number of aryl methyl sites for hydroxylation is 2. The predicted octanol–water partition coefficient (Wildman–Crippen LogP) is 2.43. The molecule has 3 aromatic rings. The summed E-state index contributed by atoms with van der Waals surface area (Å²) in [5, 5.41) is 3.12. The minimum Gasteiger partial charge on any atom is -0.369 e. The summed E-state index contributed by atoms with van der Waals surface area (Å²) in [6.07, 6.45) is 3.53. The van der Waals surface area contributed by atoms with Crippen molar-refractivity contribution in [3.63, 3.8) is 0 Å². The van der Waals surface area contributed by atoms with Gasteiger partial charge in [0.05, 0.1) is 4.90 Å². The highest BCUT2D eigenvalue weighted by Crippen LogP contribution is 2.15. The molecule has 0 spiro atoms. The van der Waals surface area contributed by atoms with Crippen LogP contribution in [0, 0.1) is 13.8 Å². The summed E-state index contributed by atoms with van der Waals surface area (Å²) in [5.41, 5.74) is 0. The van der Waals surface area contributed by atoms with Gasteiger partial charge in [0.1, 0.15) is 23.3 Å². The van der Waals surface area contributed by atoms with E-state index in [1.54, 1.807) is 43.5 Å². The molecule has 0 bridgehead atoms. The smallest absolute Gasteiger partial charge is 0.240 e. The highest BCUT2D eigenvalue weighted by atomic mass is 79.9. The van der Waals surface area contributed by atoms with Crippen molar-refractivity contribution in [2.75, 3.05) is 18.4 Å². The van der Waals surface area contributed by atoms with Crippen LogP contribution in [0.15, 0.2) is 52.1 Å². The lowest BCUT2D eigenvalue weighted by Gasteiger charge is -2.11. The van der Waals surface area contributed by atoms with E-state index in [4.69, 9.17) is 0 Å². The fourth-order valence-corrected chi connectivity index (χ4v) is 3.76. The molecule has 27 heavy (non-hydrogen) atoms. The van der Waals surface area contributed by atoms with Gasteiger partial charge >= 0.3 is 0 Å². The summed E-state index contributed by atoms with van der Waals surface area (Å²) >= 11 is 3.29. The first kappa shape index (κ1) is 19.5. The normalized spacial score (nSPS) is 11.5. The van der Waals surface area contributed by atoms with Crippen LogP contribution in [0.25, 0.3) is 5.82 Å². The third kappa shape index (κ3) is 4.90. The van der Waals surface area contributed by atoms with Crippen molar-refractivity contribution in [1.82, 2.24) is 24.2 Å². The third-order valence-corrected chi connectivity index (χ3v) is 5.75. The van der Waals surface area contributed by atoms with E-state index in [2.05, 4.69) is 40.9 Å². The van der Waals surface area contributed by atoms with Gasteiger partial charge in [-0.2, -0.15) is 0 Å². The molecule has 3 rings (SSSR count). The first-order valence-corrected chi connectivity index (χ1v) is 10.5. The predicted molar refractivity (Wildman–Crippen MR) is 106 cm³/mol. The lowest BCUT2D eigenvalue weighted by atomic mass is 10.4. The molecule has 0 saturated carbocycles. The van der Waals surface area contributed by atoms with Crippen LogP contribution in [-0.4, -0.2) is 41.0 Å². The number of hydrogen-bond donors (Lipinski definition) is 2. The summed E-state index contributed by atoms with van der Waals surface area (Å²) in [6, 6.07) is 8.28. The highest BCUT2D eigenvalue weighted by molar-refractivity contribution is 9.10. The molecule has 0 radical (unpaired) electrons. The minimum absolute atomic E-state index is 0.223. The molecule has 0 atom stereocenters. The molecule has 2 N–H and O–H groups in total. The first-order valence-electron chi connectivity index (χ1n) is 8.20. The monoisotopic (exact) mass is 450 g/mol. The number of halogens is 1. The molecule has 0 fully saturated rings. The highest BCUT2D eigenvalue weighted by Gasteiger charge is 2.13. The van der Waals surface area contributed by atoms with Crippen LogP contribution < -0.4 is 10.0 Å². The molecule has 2 heterocycles. The van der Waals surface area contributed by atoms with Crippen molar-refractivity contribution in [3.05, 3.63) is 58.8 Å². The van der Waals surface area contributed by atoms with Crippen molar-refractivity contribution in [3.8, 4) is 5.82 Å². The van der Waals surface area contributed by atoms with Gasteiger partial charge in [-0.15, -0.1) is 0 Å². The number of benzene rings is 1. The van der Waals surface area contributed by atoms with Crippen LogP contribution >= 0.6 is 15.9 Å². The summed E-state index contributed by atoms with van der Waals surface area (Å²) < 4.78 is 29.8. The van der Waals surface area contributed by atoms with Gasteiger partial charge in [-0.05, 0) is 38.1 Å². The standard InChI is InChI=1S/C17H19BrN6O2S/c1-12-22-16(11-17(23-12)24-10-9-19-13(24)2)20-7-8-21-27(25,26)15-5-3-14(18)4-6-15/h3-6,9-11,21H,7-8H2,1-2H3,(H,20,22,23). The van der Waals surface area contributed by atoms with E-state index in [9.17, 15) is 8.42 Å². The Labute approximate surface area is 166 Å². The van der Waals surface area contributed by atoms with Crippen LogP contribution in [0.5, 0.6) is 0 Å². The van der Waals surface area contributed by atoms with Gasteiger partial charge in [0.2, 0.25) is 10.0 Å². The second-order valence-corrected chi connectivity index (χ2v) is 8.46. The maximum absolute atomic E-state index is 12.3. The van der Waals surface area contributed by atoms with E-state index in [-0.39, 0.29) is 11.4 Å². The van der Waals surface area contributed by atoms with Crippen LogP contribution in [0.4, 0.5) is 5.82 Å². The lowest BCUT2D eigenvalue weighted by molar-refractivity contribution is 0.583. The van der Waals surface area contributed by atoms with Crippen LogP contribution in [0.3, 0.4) is 0 Å². The SMILES string of the molecule is Cc1nc(NCCNS(=O)(=O)c2ccc(Br)cc2)cc(-n2ccnc2C)n1. The maximum atomic E-state index is 12.3. The average molecular weight is 451 g/mol. The van der Waals surface area contributed by atoms with Crippen molar-refractivity contribution in [2.24, 2.45) is 0 Å². The Balaban J connectivity index is 1.61. The Bertz CT molecular complexity index is 1030. The summed E-state index contributed by atoms with van der Waals surface area (Å²) in [5.74, 6) is 2.75. The Morgan fingerprint density at radius 2 is 1.85 bits per heavy atom. The first-order chi connectivity index (χ1) is 12.8. The average Bonchev–Trinajstić information content (AvgIpc) is 3.05. The summed E-state index contributed by atoms with van der Waals surface area (Å²) in [7, 11) is -3.54. The summed E-state index contributed by atoms with van der Waals surface area (Å²) in [6.45, 7) is 4.30. The third-order valence-electron chi connectivity index (χ3n) is 3.74. The zero-order chi connectivity index (χ0) is 19.4. The lowest BCUT2D eigenvalue weighted by Crippen LogP contribution is -2.29. The summed E-state index contributed by atoms with van der Waals surface area (Å²) in [4.78, 5) is 13.2. The van der Waals surface area contributed by atoms with Crippen LogP contribution in [0.1, 0.15) is 11.6 Å². The van der Waals surface area contributed by atoms with Crippen molar-refractivity contribution in [2.45, 2.75) is 18.7 Å². The van der Waals surface area contributed by atoms with Gasteiger partial charge in [0.25, 0.3) is 0 Å². The van der Waals surface area contributed by atoms with Gasteiger partial charge in [0, 0.05) is 36.0 Å². The topological polar surface area (TPSA) is 102 Å². The Hall–Kier alpha value is -2.30. The van der Waals surface area contributed by atoms with Crippen LogP contribution in [-0.2, 0) is 10.0 Å². The molecule has 0 aliphatic carbocycles. The van der Waals surface area contributed by atoms with E-state index >= 15 is 0 Å². The number of hydrogen-bond acceptors (Lipinski definition) is 6.